The summed E-state index contributed by atoms with van der Waals surface area (Å²) in [5, 5.41) is 4.00. The van der Waals surface area contributed by atoms with Gasteiger partial charge in [0.25, 0.3) is 0 Å². The first-order valence-electron chi connectivity index (χ1n) is 5.88. The molecule has 1 rings (SSSR count). The molecule has 1 unspecified atom stereocenters. The lowest BCUT2D eigenvalue weighted by atomic mass is 10.2. The Kier molecular flexibility index (Phi) is 5.26. The zero-order valence-electron chi connectivity index (χ0n) is 11.8. The van der Waals surface area contributed by atoms with E-state index in [0.29, 0.717) is 16.7 Å². The van der Waals surface area contributed by atoms with E-state index in [9.17, 15) is 14.4 Å². The van der Waals surface area contributed by atoms with Gasteiger partial charge in [-0.15, -0.1) is 11.3 Å². The van der Waals surface area contributed by atoms with Crippen LogP contribution in [0.4, 0.5) is 4.79 Å². The van der Waals surface area contributed by atoms with Crippen molar-refractivity contribution in [1.82, 2.24) is 5.32 Å². The maximum atomic E-state index is 11.6. The molecule has 1 atom stereocenters. The molecule has 0 radical (unpaired) electrons. The van der Waals surface area contributed by atoms with Crippen molar-refractivity contribution in [3.05, 3.63) is 21.9 Å². The van der Waals surface area contributed by atoms with Crippen LogP contribution in [0.2, 0.25) is 0 Å². The first kappa shape index (κ1) is 16.2. The van der Waals surface area contributed by atoms with Crippen LogP contribution in [0.1, 0.15) is 42.0 Å². The Morgan fingerprint density at radius 1 is 1.40 bits per heavy atom. The zero-order chi connectivity index (χ0) is 15.3. The standard InChI is InChI=1S/C13H17NO5S/c1-13(2,3)19-12(17)14-9(6-15)10-5-8(7-20-10)11(16)18-4/h5-7,9H,1-4H3,(H,14,17). The average Bonchev–Trinajstić information content (AvgIpc) is 2.82. The van der Waals surface area contributed by atoms with Crippen molar-refractivity contribution < 1.29 is 23.9 Å². The Labute approximate surface area is 121 Å². The Hall–Kier alpha value is -1.89. The highest BCUT2D eigenvalue weighted by Gasteiger charge is 2.22. The molecule has 0 aliphatic carbocycles. The summed E-state index contributed by atoms with van der Waals surface area (Å²) < 4.78 is 9.65. The topological polar surface area (TPSA) is 81.7 Å². The first-order chi connectivity index (χ1) is 9.26. The third-order valence-corrected chi connectivity index (χ3v) is 3.17. The van der Waals surface area contributed by atoms with Gasteiger partial charge in [-0.2, -0.15) is 0 Å². The predicted octanol–water partition coefficient (Wildman–Crippen LogP) is 2.30. The number of esters is 1. The molecule has 1 amide bonds. The van der Waals surface area contributed by atoms with Gasteiger partial charge in [-0.3, -0.25) is 0 Å². The number of alkyl carbamates (subject to hydrolysis) is 1. The van der Waals surface area contributed by atoms with Crippen LogP contribution in [0, 0.1) is 0 Å². The molecular formula is C13H17NO5S. The quantitative estimate of drug-likeness (QED) is 0.681. The van der Waals surface area contributed by atoms with E-state index in [2.05, 4.69) is 10.1 Å². The zero-order valence-corrected chi connectivity index (χ0v) is 12.6. The minimum Gasteiger partial charge on any atom is -0.465 e. The van der Waals surface area contributed by atoms with Gasteiger partial charge in [0.2, 0.25) is 0 Å². The van der Waals surface area contributed by atoms with Gasteiger partial charge in [-0.1, -0.05) is 0 Å². The van der Waals surface area contributed by atoms with Crippen LogP contribution < -0.4 is 5.32 Å². The van der Waals surface area contributed by atoms with E-state index in [1.807, 2.05) is 0 Å². The molecule has 0 saturated heterocycles. The average molecular weight is 299 g/mol. The number of carbonyl (C=O) groups excluding carboxylic acids is 3. The lowest BCUT2D eigenvalue weighted by Gasteiger charge is -2.21. The molecule has 1 N–H and O–H groups in total. The predicted molar refractivity (Wildman–Crippen MR) is 73.8 cm³/mol. The fraction of sp³-hybridized carbons (Fsp3) is 0.462. The molecule has 0 bridgehead atoms. The lowest BCUT2D eigenvalue weighted by molar-refractivity contribution is -0.109. The maximum absolute atomic E-state index is 11.6. The van der Waals surface area contributed by atoms with Crippen LogP contribution in [0.25, 0.3) is 0 Å². The number of rotatable bonds is 4. The van der Waals surface area contributed by atoms with Gasteiger partial charge < -0.3 is 19.6 Å². The Balaban J connectivity index is 2.76. The second-order valence-electron chi connectivity index (χ2n) is 4.99. The van der Waals surface area contributed by atoms with Crippen molar-refractivity contribution in [3.63, 3.8) is 0 Å². The molecule has 0 aliphatic heterocycles. The summed E-state index contributed by atoms with van der Waals surface area (Å²) >= 11 is 1.18. The minimum absolute atomic E-state index is 0.338. The number of ether oxygens (including phenoxy) is 2. The van der Waals surface area contributed by atoms with Crippen molar-refractivity contribution in [1.29, 1.82) is 0 Å². The van der Waals surface area contributed by atoms with E-state index in [1.165, 1.54) is 24.5 Å². The van der Waals surface area contributed by atoms with Gasteiger partial charge in [0.05, 0.1) is 12.7 Å². The molecule has 110 valence electrons. The van der Waals surface area contributed by atoms with Crippen molar-refractivity contribution in [2.45, 2.75) is 32.4 Å². The first-order valence-corrected chi connectivity index (χ1v) is 6.76. The van der Waals surface area contributed by atoms with E-state index >= 15 is 0 Å². The molecule has 0 aliphatic rings. The lowest BCUT2D eigenvalue weighted by Crippen LogP contribution is -2.35. The van der Waals surface area contributed by atoms with E-state index in [0.717, 1.165) is 0 Å². The van der Waals surface area contributed by atoms with Crippen molar-refractivity contribution in [2.75, 3.05) is 7.11 Å². The van der Waals surface area contributed by atoms with E-state index < -0.39 is 23.7 Å². The van der Waals surface area contributed by atoms with Gasteiger partial charge in [0.15, 0.2) is 0 Å². The van der Waals surface area contributed by atoms with Gasteiger partial charge >= 0.3 is 12.1 Å². The number of amides is 1. The smallest absolute Gasteiger partial charge is 0.408 e. The molecule has 0 fully saturated rings. The number of thiophene rings is 1. The molecule has 0 aromatic carbocycles. The van der Waals surface area contributed by atoms with Crippen molar-refractivity contribution in [2.24, 2.45) is 0 Å². The highest BCUT2D eigenvalue weighted by molar-refractivity contribution is 7.10. The highest BCUT2D eigenvalue weighted by atomic mass is 32.1. The van der Waals surface area contributed by atoms with Crippen molar-refractivity contribution in [3.8, 4) is 0 Å². The second-order valence-corrected chi connectivity index (χ2v) is 5.93. The number of nitrogens with one attached hydrogen (secondary N) is 1. The molecule has 1 aromatic rings. The second kappa shape index (κ2) is 6.51. The van der Waals surface area contributed by atoms with E-state index in [-0.39, 0.29) is 0 Å². The molecular weight excluding hydrogens is 282 g/mol. The fourth-order valence-corrected chi connectivity index (χ4v) is 2.23. The Morgan fingerprint density at radius 2 is 2.05 bits per heavy atom. The van der Waals surface area contributed by atoms with Crippen LogP contribution >= 0.6 is 11.3 Å². The molecule has 1 aromatic heterocycles. The number of carbonyl (C=O) groups is 3. The number of hydrogen-bond acceptors (Lipinski definition) is 6. The summed E-state index contributed by atoms with van der Waals surface area (Å²) in [7, 11) is 1.27. The fourth-order valence-electron chi connectivity index (χ4n) is 1.35. The summed E-state index contributed by atoms with van der Waals surface area (Å²) in [4.78, 5) is 34.6. The Morgan fingerprint density at radius 3 is 2.55 bits per heavy atom. The molecule has 20 heavy (non-hydrogen) atoms. The van der Waals surface area contributed by atoms with Gasteiger partial charge in [0.1, 0.15) is 17.9 Å². The number of aldehydes is 1. The summed E-state index contributed by atoms with van der Waals surface area (Å²) in [6.45, 7) is 5.18. The molecule has 6 nitrogen and oxygen atoms in total. The van der Waals surface area contributed by atoms with Crippen LogP contribution in [0.15, 0.2) is 11.4 Å². The Bertz CT molecular complexity index is 503. The summed E-state index contributed by atoms with van der Waals surface area (Å²) in [6, 6.07) is 0.653. The third kappa shape index (κ3) is 4.65. The largest absolute Gasteiger partial charge is 0.465 e. The maximum Gasteiger partial charge on any atom is 0.408 e. The highest BCUT2D eigenvalue weighted by Crippen LogP contribution is 2.22. The van der Waals surface area contributed by atoms with Crippen LogP contribution in [-0.4, -0.2) is 31.1 Å². The number of hydrogen-bond donors (Lipinski definition) is 1. The normalized spacial score (nSPS) is 12.4. The molecule has 7 heteroatoms. The monoisotopic (exact) mass is 299 g/mol. The minimum atomic E-state index is -0.853. The van der Waals surface area contributed by atoms with E-state index in [4.69, 9.17) is 4.74 Å². The SMILES string of the molecule is COC(=O)c1csc(C(C=O)NC(=O)OC(C)(C)C)c1. The number of methoxy groups -OCH3 is 1. The third-order valence-electron chi connectivity index (χ3n) is 2.16. The molecule has 0 spiro atoms. The van der Waals surface area contributed by atoms with Crippen LogP contribution in [-0.2, 0) is 14.3 Å². The summed E-state index contributed by atoms with van der Waals surface area (Å²) in [5.41, 5.74) is -0.310. The van der Waals surface area contributed by atoms with Crippen LogP contribution in [0.3, 0.4) is 0 Å². The van der Waals surface area contributed by atoms with Crippen molar-refractivity contribution >= 4 is 29.7 Å². The molecule has 1 heterocycles. The van der Waals surface area contributed by atoms with Gasteiger partial charge in [-0.25, -0.2) is 9.59 Å². The van der Waals surface area contributed by atoms with E-state index in [1.54, 1.807) is 26.2 Å². The van der Waals surface area contributed by atoms with Gasteiger partial charge in [0, 0.05) is 10.3 Å². The summed E-state index contributed by atoms with van der Waals surface area (Å²) in [5.74, 6) is -0.491. The molecule has 0 saturated carbocycles. The van der Waals surface area contributed by atoms with Gasteiger partial charge in [-0.05, 0) is 26.8 Å². The van der Waals surface area contributed by atoms with Crippen LogP contribution in [0.5, 0.6) is 0 Å². The summed E-state index contributed by atoms with van der Waals surface area (Å²) in [6.07, 6.45) is -0.112.